The number of piperidine rings is 1. The molecule has 2 fully saturated rings. The molecule has 0 saturated carbocycles. The van der Waals surface area contributed by atoms with E-state index in [1.165, 1.54) is 38.8 Å². The molecule has 2 aliphatic heterocycles. The number of nitrogens with zero attached hydrogens (tertiary/aromatic N) is 2. The maximum atomic E-state index is 5.22. The first-order valence-corrected chi connectivity index (χ1v) is 6.71. The van der Waals surface area contributed by atoms with Gasteiger partial charge in [-0.15, -0.1) is 0 Å². The molecule has 17 heavy (non-hydrogen) atoms. The van der Waals surface area contributed by atoms with Gasteiger partial charge in [-0.1, -0.05) is 5.16 Å². The molecular weight excluding hydrogens is 214 g/mol. The van der Waals surface area contributed by atoms with Crippen LogP contribution in [0.3, 0.4) is 0 Å². The first-order valence-electron chi connectivity index (χ1n) is 6.71. The second-order valence-corrected chi connectivity index (χ2v) is 5.37. The fourth-order valence-corrected chi connectivity index (χ4v) is 3.15. The second kappa shape index (κ2) is 4.78. The number of hydrogen-bond donors (Lipinski definition) is 1. The highest BCUT2D eigenvalue weighted by Gasteiger charge is 2.31. The molecule has 3 rings (SSSR count). The van der Waals surface area contributed by atoms with Crippen LogP contribution in [0.5, 0.6) is 0 Å². The van der Waals surface area contributed by atoms with Gasteiger partial charge in [0.05, 0.1) is 12.2 Å². The lowest BCUT2D eigenvalue weighted by Crippen LogP contribution is -2.45. The van der Waals surface area contributed by atoms with Crippen molar-refractivity contribution in [2.24, 2.45) is 0 Å². The molecule has 0 aliphatic carbocycles. The normalized spacial score (nSPS) is 29.5. The Hall–Kier alpha value is -0.870. The second-order valence-electron chi connectivity index (χ2n) is 5.37. The molecule has 0 spiro atoms. The molecule has 1 aromatic rings. The summed E-state index contributed by atoms with van der Waals surface area (Å²) in [5, 5.41) is 7.51. The summed E-state index contributed by atoms with van der Waals surface area (Å²) in [7, 11) is 0. The Bertz CT molecular complexity index is 376. The Morgan fingerprint density at radius 1 is 1.47 bits per heavy atom. The Balaban J connectivity index is 1.49. The minimum Gasteiger partial charge on any atom is -0.360 e. The molecule has 0 radical (unpaired) electrons. The van der Waals surface area contributed by atoms with Crippen molar-refractivity contribution in [1.29, 1.82) is 0 Å². The van der Waals surface area contributed by atoms with Crippen LogP contribution in [0.4, 0.5) is 0 Å². The third kappa shape index (κ3) is 2.53. The fraction of sp³-hybridized carbons (Fsp3) is 0.769. The van der Waals surface area contributed by atoms with Crippen molar-refractivity contribution in [1.82, 2.24) is 15.4 Å². The van der Waals surface area contributed by atoms with E-state index in [0.29, 0.717) is 6.04 Å². The molecule has 2 aliphatic rings. The molecule has 0 amide bonds. The van der Waals surface area contributed by atoms with Gasteiger partial charge in [0.2, 0.25) is 0 Å². The zero-order chi connectivity index (χ0) is 11.7. The van der Waals surface area contributed by atoms with E-state index in [1.807, 2.05) is 13.0 Å². The molecule has 0 aromatic carbocycles. The van der Waals surface area contributed by atoms with Gasteiger partial charge in [-0.05, 0) is 45.7 Å². The summed E-state index contributed by atoms with van der Waals surface area (Å²) in [5.41, 5.74) is 0.965. The first kappa shape index (κ1) is 11.2. The molecule has 2 atom stereocenters. The summed E-state index contributed by atoms with van der Waals surface area (Å²) in [6.45, 7) is 5.36. The van der Waals surface area contributed by atoms with E-state index < -0.39 is 0 Å². The van der Waals surface area contributed by atoms with Crippen LogP contribution in [0.25, 0.3) is 0 Å². The highest BCUT2D eigenvalue weighted by Crippen LogP contribution is 2.26. The molecule has 0 bridgehead atoms. The van der Waals surface area contributed by atoms with Crippen molar-refractivity contribution in [2.45, 2.75) is 51.2 Å². The van der Waals surface area contributed by atoms with E-state index in [0.717, 1.165) is 24.0 Å². The monoisotopic (exact) mass is 235 g/mol. The molecule has 1 N–H and O–H groups in total. The van der Waals surface area contributed by atoms with Gasteiger partial charge in [0, 0.05) is 18.2 Å². The van der Waals surface area contributed by atoms with Crippen LogP contribution in [-0.2, 0) is 6.54 Å². The lowest BCUT2D eigenvalue weighted by molar-refractivity contribution is 0.164. The molecule has 1 aromatic heterocycles. The third-order valence-corrected chi connectivity index (χ3v) is 4.06. The SMILES string of the molecule is Cc1cc(CNC2CCN3CCCC3C2)on1. The lowest BCUT2D eigenvalue weighted by atomic mass is 9.97. The molecule has 2 unspecified atom stereocenters. The smallest absolute Gasteiger partial charge is 0.150 e. The van der Waals surface area contributed by atoms with E-state index in [1.54, 1.807) is 0 Å². The summed E-state index contributed by atoms with van der Waals surface area (Å²) in [4.78, 5) is 2.65. The van der Waals surface area contributed by atoms with Crippen LogP contribution in [0.1, 0.15) is 37.1 Å². The third-order valence-electron chi connectivity index (χ3n) is 4.06. The molecular formula is C13H21N3O. The Morgan fingerprint density at radius 2 is 2.41 bits per heavy atom. The molecule has 94 valence electrons. The summed E-state index contributed by atoms with van der Waals surface area (Å²) >= 11 is 0. The van der Waals surface area contributed by atoms with E-state index in [-0.39, 0.29) is 0 Å². The summed E-state index contributed by atoms with van der Waals surface area (Å²) in [5.74, 6) is 0.955. The van der Waals surface area contributed by atoms with Crippen molar-refractivity contribution in [3.63, 3.8) is 0 Å². The average Bonchev–Trinajstić information content (AvgIpc) is 2.94. The highest BCUT2D eigenvalue weighted by atomic mass is 16.5. The topological polar surface area (TPSA) is 41.3 Å². The maximum Gasteiger partial charge on any atom is 0.150 e. The van der Waals surface area contributed by atoms with Crippen LogP contribution in [0.2, 0.25) is 0 Å². The zero-order valence-corrected chi connectivity index (χ0v) is 10.5. The van der Waals surface area contributed by atoms with Crippen LogP contribution in [0, 0.1) is 6.92 Å². The van der Waals surface area contributed by atoms with Gasteiger partial charge in [-0.3, -0.25) is 0 Å². The lowest BCUT2D eigenvalue weighted by Gasteiger charge is -2.35. The summed E-state index contributed by atoms with van der Waals surface area (Å²) < 4.78 is 5.22. The predicted molar refractivity (Wildman–Crippen MR) is 65.7 cm³/mol. The Kier molecular flexibility index (Phi) is 3.16. The fourth-order valence-electron chi connectivity index (χ4n) is 3.15. The summed E-state index contributed by atoms with van der Waals surface area (Å²) in [6.07, 6.45) is 5.34. The van der Waals surface area contributed by atoms with Gasteiger partial charge in [0.15, 0.2) is 5.76 Å². The van der Waals surface area contributed by atoms with Crippen LogP contribution >= 0.6 is 0 Å². The van der Waals surface area contributed by atoms with Gasteiger partial charge in [-0.25, -0.2) is 0 Å². The average molecular weight is 235 g/mol. The van der Waals surface area contributed by atoms with Crippen molar-refractivity contribution in [2.75, 3.05) is 13.1 Å². The minimum absolute atomic E-state index is 0.653. The largest absolute Gasteiger partial charge is 0.360 e. The molecule has 3 heterocycles. The predicted octanol–water partition coefficient (Wildman–Crippen LogP) is 1.70. The van der Waals surface area contributed by atoms with Crippen LogP contribution in [-0.4, -0.2) is 35.2 Å². The van der Waals surface area contributed by atoms with Crippen molar-refractivity contribution in [3.8, 4) is 0 Å². The van der Waals surface area contributed by atoms with Crippen molar-refractivity contribution in [3.05, 3.63) is 17.5 Å². The Morgan fingerprint density at radius 3 is 3.24 bits per heavy atom. The number of nitrogens with one attached hydrogen (secondary N) is 1. The number of rotatable bonds is 3. The van der Waals surface area contributed by atoms with E-state index in [9.17, 15) is 0 Å². The van der Waals surface area contributed by atoms with E-state index >= 15 is 0 Å². The van der Waals surface area contributed by atoms with Gasteiger partial charge in [0.1, 0.15) is 0 Å². The van der Waals surface area contributed by atoms with Crippen LogP contribution in [0.15, 0.2) is 10.6 Å². The van der Waals surface area contributed by atoms with E-state index in [2.05, 4.69) is 15.4 Å². The molecule has 4 nitrogen and oxygen atoms in total. The van der Waals surface area contributed by atoms with E-state index in [4.69, 9.17) is 4.52 Å². The van der Waals surface area contributed by atoms with Gasteiger partial charge < -0.3 is 14.7 Å². The van der Waals surface area contributed by atoms with Gasteiger partial charge in [0.25, 0.3) is 0 Å². The van der Waals surface area contributed by atoms with Crippen molar-refractivity contribution < 1.29 is 4.52 Å². The molecule has 2 saturated heterocycles. The highest BCUT2D eigenvalue weighted by molar-refractivity contribution is 5.03. The first-order chi connectivity index (χ1) is 8.31. The number of hydrogen-bond acceptors (Lipinski definition) is 4. The molecule has 4 heteroatoms. The number of fused-ring (bicyclic) bond motifs is 1. The Labute approximate surface area is 102 Å². The van der Waals surface area contributed by atoms with Gasteiger partial charge in [-0.2, -0.15) is 0 Å². The quantitative estimate of drug-likeness (QED) is 0.866. The van der Waals surface area contributed by atoms with Crippen molar-refractivity contribution >= 4 is 0 Å². The van der Waals surface area contributed by atoms with Crippen LogP contribution < -0.4 is 5.32 Å². The number of aryl methyl sites for hydroxylation is 1. The zero-order valence-electron chi connectivity index (χ0n) is 10.5. The maximum absolute atomic E-state index is 5.22. The number of aromatic nitrogens is 1. The minimum atomic E-state index is 0.653. The van der Waals surface area contributed by atoms with Gasteiger partial charge >= 0.3 is 0 Å². The standard InChI is InChI=1S/C13H21N3O/c1-10-7-13(17-15-10)9-14-11-4-6-16-5-2-3-12(16)8-11/h7,11-12,14H,2-6,8-9H2,1H3. The summed E-state index contributed by atoms with van der Waals surface area (Å²) in [6, 6.07) is 3.50.